The number of carbonyl (C=O) groups excluding carboxylic acids is 1. The van der Waals surface area contributed by atoms with E-state index in [2.05, 4.69) is 20.3 Å². The summed E-state index contributed by atoms with van der Waals surface area (Å²) < 4.78 is 32.2. The summed E-state index contributed by atoms with van der Waals surface area (Å²) in [5.41, 5.74) is -0.472. The van der Waals surface area contributed by atoms with Gasteiger partial charge in [-0.05, 0) is 13.0 Å². The number of aromatic nitrogens is 4. The quantitative estimate of drug-likeness (QED) is 0.642. The second-order valence-corrected chi connectivity index (χ2v) is 6.30. The van der Waals surface area contributed by atoms with Gasteiger partial charge in [-0.1, -0.05) is 0 Å². The highest BCUT2D eigenvalue weighted by molar-refractivity contribution is 7.90. The second-order valence-electron chi connectivity index (χ2n) is 4.70. The van der Waals surface area contributed by atoms with Gasteiger partial charge in [-0.3, -0.25) is 5.32 Å². The van der Waals surface area contributed by atoms with Crippen molar-refractivity contribution in [3.63, 3.8) is 0 Å². The first kappa shape index (κ1) is 18.1. The SMILES string of the molecule is COc1nc(C)nc(NC(=O)NS(=O)(=O)c2c(C(=O)O)ccn2C)n1. The lowest BCUT2D eigenvalue weighted by atomic mass is 10.3. The summed E-state index contributed by atoms with van der Waals surface area (Å²) in [6.45, 7) is 1.52. The molecule has 0 aliphatic rings. The number of urea groups is 1. The van der Waals surface area contributed by atoms with Crippen LogP contribution in [0.15, 0.2) is 17.3 Å². The standard InChI is InChI=1S/C12H14N6O6S/c1-6-13-10(16-12(14-6)24-3)15-11(21)17-25(22,23)8-7(9(19)20)4-5-18(8)2/h4-5H,1-3H3,(H,19,20)(H2,13,14,15,16,17,21). The molecular formula is C12H14N6O6S. The van der Waals surface area contributed by atoms with Crippen LogP contribution in [0.4, 0.5) is 10.7 Å². The molecule has 0 radical (unpaired) electrons. The maximum absolute atomic E-state index is 12.3. The number of carboxylic acids is 1. The van der Waals surface area contributed by atoms with Crippen molar-refractivity contribution in [2.45, 2.75) is 11.9 Å². The minimum absolute atomic E-state index is 0.0683. The van der Waals surface area contributed by atoms with Gasteiger partial charge in [0.1, 0.15) is 5.82 Å². The zero-order chi connectivity index (χ0) is 18.8. The number of methoxy groups -OCH3 is 1. The summed E-state index contributed by atoms with van der Waals surface area (Å²) in [5, 5.41) is 10.6. The van der Waals surface area contributed by atoms with E-state index in [4.69, 9.17) is 9.84 Å². The zero-order valence-corrected chi connectivity index (χ0v) is 14.2. The number of amides is 2. The molecular weight excluding hydrogens is 356 g/mol. The smallest absolute Gasteiger partial charge is 0.338 e. The minimum atomic E-state index is -4.45. The molecule has 2 heterocycles. The van der Waals surface area contributed by atoms with Crippen molar-refractivity contribution in [3.8, 4) is 6.01 Å². The molecule has 2 aromatic heterocycles. The van der Waals surface area contributed by atoms with E-state index < -0.39 is 32.6 Å². The predicted molar refractivity (Wildman–Crippen MR) is 82.8 cm³/mol. The van der Waals surface area contributed by atoms with Gasteiger partial charge in [0.2, 0.25) is 5.95 Å². The third-order valence-electron chi connectivity index (χ3n) is 2.86. The lowest BCUT2D eigenvalue weighted by molar-refractivity contribution is 0.0692. The largest absolute Gasteiger partial charge is 0.478 e. The molecule has 0 fully saturated rings. The maximum atomic E-state index is 12.3. The van der Waals surface area contributed by atoms with E-state index in [0.717, 1.165) is 10.6 Å². The summed E-state index contributed by atoms with van der Waals surface area (Å²) in [4.78, 5) is 34.4. The summed E-state index contributed by atoms with van der Waals surface area (Å²) in [6, 6.07) is -0.138. The number of nitrogens with zero attached hydrogens (tertiary/aromatic N) is 4. The van der Waals surface area contributed by atoms with Gasteiger partial charge in [0.25, 0.3) is 10.0 Å². The van der Waals surface area contributed by atoms with Crippen molar-refractivity contribution in [2.24, 2.45) is 7.05 Å². The van der Waals surface area contributed by atoms with Crippen LogP contribution in [0.5, 0.6) is 6.01 Å². The van der Waals surface area contributed by atoms with Crippen molar-refractivity contribution >= 4 is 28.0 Å². The van der Waals surface area contributed by atoms with Crippen molar-refractivity contribution in [1.82, 2.24) is 24.2 Å². The number of rotatable bonds is 5. The molecule has 134 valence electrons. The molecule has 0 bridgehead atoms. The number of anilines is 1. The summed E-state index contributed by atoms with van der Waals surface area (Å²) in [6.07, 6.45) is 1.25. The molecule has 2 aromatic rings. The average molecular weight is 370 g/mol. The Hall–Kier alpha value is -3.22. The molecule has 3 N–H and O–H groups in total. The Morgan fingerprint density at radius 3 is 2.56 bits per heavy atom. The third kappa shape index (κ3) is 4.00. The number of ether oxygens (including phenoxy) is 1. The predicted octanol–water partition coefficient (Wildman–Crippen LogP) is -0.264. The number of sulfonamides is 1. The van der Waals surface area contributed by atoms with Crippen molar-refractivity contribution < 1.29 is 27.9 Å². The van der Waals surface area contributed by atoms with E-state index in [0.29, 0.717) is 0 Å². The van der Waals surface area contributed by atoms with Gasteiger partial charge >= 0.3 is 18.0 Å². The Balaban J connectivity index is 2.24. The van der Waals surface area contributed by atoms with Crippen molar-refractivity contribution in [3.05, 3.63) is 23.7 Å². The second kappa shape index (κ2) is 6.72. The van der Waals surface area contributed by atoms with Gasteiger partial charge in [0.05, 0.1) is 12.7 Å². The Bertz CT molecular complexity index is 938. The molecule has 2 amide bonds. The molecule has 2 rings (SSSR count). The van der Waals surface area contributed by atoms with Crippen LogP contribution in [0, 0.1) is 6.92 Å². The highest BCUT2D eigenvalue weighted by Crippen LogP contribution is 2.16. The summed E-state index contributed by atoms with van der Waals surface area (Å²) in [7, 11) is -1.81. The molecule has 0 aliphatic carbocycles. The van der Waals surface area contributed by atoms with E-state index in [-0.39, 0.29) is 17.8 Å². The van der Waals surface area contributed by atoms with Crippen LogP contribution < -0.4 is 14.8 Å². The number of carboxylic acid groups (broad SMARTS) is 1. The molecule has 0 unspecified atom stereocenters. The fourth-order valence-corrected chi connectivity index (χ4v) is 3.19. The van der Waals surface area contributed by atoms with Crippen LogP contribution in [0.3, 0.4) is 0 Å². The Labute approximate surface area is 141 Å². The van der Waals surface area contributed by atoms with Crippen LogP contribution in [-0.2, 0) is 17.1 Å². The molecule has 13 heteroatoms. The number of hydrogen-bond acceptors (Lipinski definition) is 8. The lowest BCUT2D eigenvalue weighted by Crippen LogP contribution is -2.36. The minimum Gasteiger partial charge on any atom is -0.478 e. The number of carbonyl (C=O) groups is 2. The normalized spacial score (nSPS) is 11.0. The van der Waals surface area contributed by atoms with Crippen molar-refractivity contribution in [2.75, 3.05) is 12.4 Å². The Kier molecular flexibility index (Phi) is 4.87. The average Bonchev–Trinajstić information content (AvgIpc) is 2.88. The first-order valence-electron chi connectivity index (χ1n) is 6.63. The van der Waals surface area contributed by atoms with Crippen LogP contribution in [-0.4, -0.2) is 52.2 Å². The van der Waals surface area contributed by atoms with Crippen LogP contribution >= 0.6 is 0 Å². The van der Waals surface area contributed by atoms with E-state index in [1.54, 1.807) is 4.72 Å². The molecule has 25 heavy (non-hydrogen) atoms. The number of aromatic carboxylic acids is 1. The van der Waals surface area contributed by atoms with Crippen LogP contribution in [0.1, 0.15) is 16.2 Å². The number of aryl methyl sites for hydroxylation is 2. The number of hydrogen-bond donors (Lipinski definition) is 3. The molecule has 0 spiro atoms. The highest BCUT2D eigenvalue weighted by Gasteiger charge is 2.28. The van der Waals surface area contributed by atoms with Gasteiger partial charge in [0, 0.05) is 13.2 Å². The summed E-state index contributed by atoms with van der Waals surface area (Å²) >= 11 is 0. The molecule has 0 aromatic carbocycles. The fourth-order valence-electron chi connectivity index (χ4n) is 1.91. The van der Waals surface area contributed by atoms with E-state index in [1.807, 2.05) is 0 Å². The lowest BCUT2D eigenvalue weighted by Gasteiger charge is -2.10. The monoisotopic (exact) mass is 370 g/mol. The Morgan fingerprint density at radius 2 is 1.96 bits per heavy atom. The first-order valence-corrected chi connectivity index (χ1v) is 8.11. The fraction of sp³-hybridized carbons (Fsp3) is 0.250. The van der Waals surface area contributed by atoms with E-state index in [1.165, 1.54) is 27.3 Å². The Morgan fingerprint density at radius 1 is 1.28 bits per heavy atom. The molecule has 0 saturated heterocycles. The molecule has 12 nitrogen and oxygen atoms in total. The van der Waals surface area contributed by atoms with Gasteiger partial charge in [-0.2, -0.15) is 23.4 Å². The zero-order valence-electron chi connectivity index (χ0n) is 13.3. The van der Waals surface area contributed by atoms with Crippen LogP contribution in [0.2, 0.25) is 0 Å². The maximum Gasteiger partial charge on any atom is 0.338 e. The molecule has 0 atom stereocenters. The van der Waals surface area contributed by atoms with Crippen molar-refractivity contribution in [1.29, 1.82) is 0 Å². The topological polar surface area (TPSA) is 165 Å². The van der Waals surface area contributed by atoms with Gasteiger partial charge < -0.3 is 14.4 Å². The van der Waals surface area contributed by atoms with Crippen LogP contribution in [0.25, 0.3) is 0 Å². The number of nitrogens with one attached hydrogen (secondary N) is 2. The van der Waals surface area contributed by atoms with Gasteiger partial charge in [-0.15, -0.1) is 0 Å². The van der Waals surface area contributed by atoms with Gasteiger partial charge in [-0.25, -0.2) is 14.3 Å². The van der Waals surface area contributed by atoms with E-state index >= 15 is 0 Å². The molecule has 0 aliphatic heterocycles. The highest BCUT2D eigenvalue weighted by atomic mass is 32.2. The van der Waals surface area contributed by atoms with E-state index in [9.17, 15) is 18.0 Å². The van der Waals surface area contributed by atoms with Gasteiger partial charge in [0.15, 0.2) is 5.03 Å². The molecule has 0 saturated carbocycles. The third-order valence-corrected chi connectivity index (χ3v) is 4.33. The summed E-state index contributed by atoms with van der Waals surface area (Å²) in [5.74, 6) is -1.44. The first-order chi connectivity index (χ1) is 11.6.